The number of thioether (sulfide) groups is 1. The summed E-state index contributed by atoms with van der Waals surface area (Å²) in [6.07, 6.45) is 0.230. The second kappa shape index (κ2) is 5.77. The highest BCUT2D eigenvalue weighted by Crippen LogP contribution is 2.39. The number of thiophene rings is 1. The van der Waals surface area contributed by atoms with Crippen LogP contribution >= 0.6 is 23.1 Å². The van der Waals surface area contributed by atoms with Gasteiger partial charge < -0.3 is 15.3 Å². The van der Waals surface area contributed by atoms with Crippen LogP contribution < -0.4 is 5.32 Å². The summed E-state index contributed by atoms with van der Waals surface area (Å²) in [6.45, 7) is 3.72. The van der Waals surface area contributed by atoms with Gasteiger partial charge in [0.2, 0.25) is 11.8 Å². The molecule has 1 aromatic rings. The number of carboxylic acids is 1. The first kappa shape index (κ1) is 15.1. The van der Waals surface area contributed by atoms with Gasteiger partial charge in [0.25, 0.3) is 0 Å². The molecule has 0 bridgehead atoms. The van der Waals surface area contributed by atoms with Crippen molar-refractivity contribution in [3.63, 3.8) is 0 Å². The summed E-state index contributed by atoms with van der Waals surface area (Å²) in [7, 11) is 0. The van der Waals surface area contributed by atoms with Crippen molar-refractivity contribution in [1.29, 1.82) is 0 Å². The van der Waals surface area contributed by atoms with Crippen molar-refractivity contribution in [2.24, 2.45) is 0 Å². The van der Waals surface area contributed by atoms with Gasteiger partial charge in [-0.15, -0.1) is 23.1 Å². The number of nitrogens with zero attached hydrogens (tertiary/aromatic N) is 1. The molecule has 2 aliphatic heterocycles. The Morgan fingerprint density at radius 3 is 2.91 bits per heavy atom. The Bertz CT molecular complexity index is 643. The molecule has 1 aromatic heterocycles. The van der Waals surface area contributed by atoms with Gasteiger partial charge in [0.15, 0.2) is 6.04 Å². The molecule has 116 valence electrons. The molecule has 0 aliphatic carbocycles. The van der Waals surface area contributed by atoms with Crippen LogP contribution in [-0.4, -0.2) is 51.0 Å². The van der Waals surface area contributed by atoms with Crippen LogP contribution in [0.15, 0.2) is 29.7 Å². The number of β-lactam (4-membered cyclic amide) rings is 1. The normalized spacial score (nSPS) is 27.1. The van der Waals surface area contributed by atoms with Crippen LogP contribution in [0.25, 0.3) is 0 Å². The Hall–Kier alpha value is -1.80. The molecule has 3 heterocycles. The van der Waals surface area contributed by atoms with Crippen molar-refractivity contribution in [3.05, 3.63) is 34.5 Å². The zero-order valence-electron chi connectivity index (χ0n) is 11.5. The summed E-state index contributed by atoms with van der Waals surface area (Å²) in [5, 5.41) is 13.5. The van der Waals surface area contributed by atoms with Gasteiger partial charge in [0.05, 0.1) is 6.42 Å². The molecule has 2 N–H and O–H groups in total. The minimum absolute atomic E-state index is 0.225. The van der Waals surface area contributed by atoms with Gasteiger partial charge >= 0.3 is 5.97 Å². The SMILES string of the molecule is C=C1CS[C@H]2C(NC(=O)Cc3cccs3)C(=O)N2C1C(=O)O. The minimum Gasteiger partial charge on any atom is -0.479 e. The number of amides is 2. The molecule has 2 unspecified atom stereocenters. The topological polar surface area (TPSA) is 86.7 Å². The predicted octanol–water partition coefficient (Wildman–Crippen LogP) is 0.700. The first-order chi connectivity index (χ1) is 10.5. The maximum atomic E-state index is 12.2. The largest absolute Gasteiger partial charge is 0.479 e. The van der Waals surface area contributed by atoms with Gasteiger partial charge in [-0.1, -0.05) is 12.6 Å². The molecular weight excluding hydrogens is 324 g/mol. The van der Waals surface area contributed by atoms with E-state index in [0.717, 1.165) is 4.88 Å². The highest BCUT2D eigenvalue weighted by molar-refractivity contribution is 8.00. The molecule has 8 heteroatoms. The third-order valence-corrected chi connectivity index (χ3v) is 5.90. The summed E-state index contributed by atoms with van der Waals surface area (Å²) in [6, 6.07) is 2.10. The summed E-state index contributed by atoms with van der Waals surface area (Å²) >= 11 is 2.92. The molecule has 0 radical (unpaired) electrons. The van der Waals surface area contributed by atoms with Gasteiger partial charge in [-0.3, -0.25) is 9.59 Å². The van der Waals surface area contributed by atoms with E-state index in [2.05, 4.69) is 11.9 Å². The number of hydrogen-bond donors (Lipinski definition) is 2. The minimum atomic E-state index is -1.08. The Morgan fingerprint density at radius 2 is 2.27 bits per heavy atom. The van der Waals surface area contributed by atoms with E-state index in [-0.39, 0.29) is 23.6 Å². The van der Waals surface area contributed by atoms with E-state index in [1.54, 1.807) is 0 Å². The average molecular weight is 338 g/mol. The summed E-state index contributed by atoms with van der Waals surface area (Å²) in [5.74, 6) is -1.18. The number of carbonyl (C=O) groups excluding carboxylic acids is 2. The van der Waals surface area contributed by atoms with E-state index in [0.29, 0.717) is 11.3 Å². The Kier molecular flexibility index (Phi) is 3.96. The zero-order chi connectivity index (χ0) is 15.9. The number of carboxylic acid groups (broad SMARTS) is 1. The number of aliphatic carboxylic acids is 1. The average Bonchev–Trinajstić information content (AvgIpc) is 2.97. The van der Waals surface area contributed by atoms with Crippen molar-refractivity contribution in [2.75, 3.05) is 5.75 Å². The van der Waals surface area contributed by atoms with E-state index in [1.807, 2.05) is 17.5 Å². The Labute approximate surface area is 135 Å². The number of rotatable bonds is 4. The highest BCUT2D eigenvalue weighted by atomic mass is 32.2. The standard InChI is InChI=1S/C14H14N2O4S2/c1-7-6-22-13-10(12(18)16(13)11(7)14(19)20)15-9(17)5-8-3-2-4-21-8/h2-4,10-11,13H,1,5-6H2,(H,15,17)(H,19,20)/t10?,11?,13-/m0/s1. The number of nitrogens with one attached hydrogen (secondary N) is 1. The third kappa shape index (κ3) is 2.52. The van der Waals surface area contributed by atoms with Gasteiger partial charge in [0.1, 0.15) is 11.4 Å². The van der Waals surface area contributed by atoms with E-state index in [4.69, 9.17) is 0 Å². The zero-order valence-corrected chi connectivity index (χ0v) is 13.2. The van der Waals surface area contributed by atoms with Crippen LogP contribution in [0.4, 0.5) is 0 Å². The molecule has 6 nitrogen and oxygen atoms in total. The molecule has 2 aliphatic rings. The lowest BCUT2D eigenvalue weighted by atomic mass is 9.98. The van der Waals surface area contributed by atoms with Crippen molar-refractivity contribution in [1.82, 2.24) is 10.2 Å². The van der Waals surface area contributed by atoms with Gasteiger partial charge in [-0.2, -0.15) is 0 Å². The Morgan fingerprint density at radius 1 is 1.50 bits per heavy atom. The number of hydrogen-bond acceptors (Lipinski definition) is 5. The lowest BCUT2D eigenvalue weighted by molar-refractivity contribution is -0.160. The van der Waals surface area contributed by atoms with Crippen LogP contribution in [0.5, 0.6) is 0 Å². The number of fused-ring (bicyclic) bond motifs is 1. The smallest absolute Gasteiger partial charge is 0.330 e. The molecule has 0 aromatic carbocycles. The monoisotopic (exact) mass is 338 g/mol. The third-order valence-electron chi connectivity index (χ3n) is 3.65. The Balaban J connectivity index is 1.65. The van der Waals surface area contributed by atoms with Crippen LogP contribution in [0.2, 0.25) is 0 Å². The lowest BCUT2D eigenvalue weighted by Gasteiger charge is -2.52. The fraction of sp³-hybridized carbons (Fsp3) is 0.357. The number of carbonyl (C=O) groups is 3. The predicted molar refractivity (Wildman–Crippen MR) is 83.6 cm³/mol. The second-order valence-electron chi connectivity index (χ2n) is 5.15. The van der Waals surface area contributed by atoms with Crippen molar-refractivity contribution >= 4 is 40.9 Å². The van der Waals surface area contributed by atoms with Crippen LogP contribution in [-0.2, 0) is 20.8 Å². The van der Waals surface area contributed by atoms with E-state index in [9.17, 15) is 19.5 Å². The quantitative estimate of drug-likeness (QED) is 0.623. The van der Waals surface area contributed by atoms with Crippen molar-refractivity contribution in [3.8, 4) is 0 Å². The summed E-state index contributed by atoms with van der Waals surface area (Å²) < 4.78 is 0. The molecule has 3 atom stereocenters. The fourth-order valence-corrected chi connectivity index (χ4v) is 4.64. The van der Waals surface area contributed by atoms with E-state index < -0.39 is 18.1 Å². The molecule has 3 rings (SSSR count). The van der Waals surface area contributed by atoms with Gasteiger partial charge in [0, 0.05) is 10.6 Å². The molecule has 22 heavy (non-hydrogen) atoms. The van der Waals surface area contributed by atoms with Crippen molar-refractivity contribution in [2.45, 2.75) is 23.9 Å². The summed E-state index contributed by atoms with van der Waals surface area (Å²) in [5.41, 5.74) is 0.505. The molecule has 2 amide bonds. The fourth-order valence-electron chi connectivity index (χ4n) is 2.63. The highest BCUT2D eigenvalue weighted by Gasteiger charge is 2.56. The molecule has 0 saturated carbocycles. The molecular formula is C14H14N2O4S2. The lowest BCUT2D eigenvalue weighted by Crippen LogP contribution is -2.74. The van der Waals surface area contributed by atoms with Crippen LogP contribution in [0.3, 0.4) is 0 Å². The van der Waals surface area contributed by atoms with Crippen LogP contribution in [0, 0.1) is 0 Å². The molecule has 2 saturated heterocycles. The molecule has 0 spiro atoms. The van der Waals surface area contributed by atoms with Gasteiger partial charge in [-0.05, 0) is 17.0 Å². The van der Waals surface area contributed by atoms with Crippen LogP contribution in [0.1, 0.15) is 4.88 Å². The van der Waals surface area contributed by atoms with Crippen molar-refractivity contribution < 1.29 is 19.5 Å². The maximum absolute atomic E-state index is 12.2. The molecule has 2 fully saturated rings. The summed E-state index contributed by atoms with van der Waals surface area (Å²) in [4.78, 5) is 37.7. The maximum Gasteiger partial charge on any atom is 0.330 e. The first-order valence-electron chi connectivity index (χ1n) is 6.65. The van der Waals surface area contributed by atoms with Gasteiger partial charge in [-0.25, -0.2) is 4.79 Å². The van der Waals surface area contributed by atoms with E-state index in [1.165, 1.54) is 28.0 Å². The second-order valence-corrected chi connectivity index (χ2v) is 7.28. The van der Waals surface area contributed by atoms with E-state index >= 15 is 0 Å². The first-order valence-corrected chi connectivity index (χ1v) is 8.58.